The number of likely N-dealkylation sites (tertiary alicyclic amines) is 1. The van der Waals surface area contributed by atoms with Gasteiger partial charge in [0.15, 0.2) is 0 Å². The molecule has 0 bridgehead atoms. The Kier molecular flexibility index (Phi) is 4.89. The van der Waals surface area contributed by atoms with Crippen LogP contribution in [0.15, 0.2) is 31.2 Å². The number of rotatable bonds is 5. The molecule has 0 saturated carbocycles. The van der Waals surface area contributed by atoms with E-state index < -0.39 is 0 Å². The summed E-state index contributed by atoms with van der Waals surface area (Å²) in [5.74, 6) is 0.812. The Hall–Kier alpha value is -1.91. The Morgan fingerprint density at radius 2 is 2.32 bits per heavy atom. The molecular formula is C14H19N3O2. The van der Waals surface area contributed by atoms with Crippen molar-refractivity contribution in [2.24, 2.45) is 0 Å². The quantitative estimate of drug-likeness (QED) is 0.759. The number of piperidine rings is 1. The first-order valence-electron chi connectivity index (χ1n) is 6.61. The zero-order valence-electron chi connectivity index (χ0n) is 11.0. The molecule has 19 heavy (non-hydrogen) atoms. The van der Waals surface area contributed by atoms with Gasteiger partial charge in [-0.2, -0.15) is 0 Å². The van der Waals surface area contributed by atoms with Gasteiger partial charge in [0.05, 0.1) is 0 Å². The third-order valence-corrected chi connectivity index (χ3v) is 3.20. The van der Waals surface area contributed by atoms with Crippen molar-refractivity contribution in [3.05, 3.63) is 31.2 Å². The second-order valence-corrected chi connectivity index (χ2v) is 4.57. The van der Waals surface area contributed by atoms with Gasteiger partial charge in [-0.1, -0.05) is 6.08 Å². The number of aromatic nitrogens is 2. The summed E-state index contributed by atoms with van der Waals surface area (Å²) in [5.41, 5.74) is 0. The maximum atomic E-state index is 11.8. The third kappa shape index (κ3) is 4.05. The fourth-order valence-electron chi connectivity index (χ4n) is 2.13. The monoisotopic (exact) mass is 261 g/mol. The van der Waals surface area contributed by atoms with Crippen molar-refractivity contribution in [2.45, 2.75) is 31.8 Å². The molecule has 0 aliphatic carbocycles. The summed E-state index contributed by atoms with van der Waals surface area (Å²) in [6.45, 7) is 5.15. The summed E-state index contributed by atoms with van der Waals surface area (Å²) in [7, 11) is 0. The number of hydrogen-bond donors (Lipinski definition) is 0. The Morgan fingerprint density at radius 1 is 1.53 bits per heavy atom. The lowest BCUT2D eigenvalue weighted by Gasteiger charge is -2.31. The van der Waals surface area contributed by atoms with E-state index in [2.05, 4.69) is 16.5 Å². The van der Waals surface area contributed by atoms with Gasteiger partial charge in [-0.05, 0) is 6.42 Å². The molecule has 0 radical (unpaired) electrons. The lowest BCUT2D eigenvalue weighted by Crippen LogP contribution is -2.41. The second-order valence-electron chi connectivity index (χ2n) is 4.57. The highest BCUT2D eigenvalue weighted by Crippen LogP contribution is 2.17. The maximum Gasteiger partial charge on any atom is 0.222 e. The lowest BCUT2D eigenvalue weighted by atomic mass is 10.1. The van der Waals surface area contributed by atoms with Crippen molar-refractivity contribution in [2.75, 3.05) is 13.1 Å². The highest BCUT2D eigenvalue weighted by atomic mass is 16.5. The van der Waals surface area contributed by atoms with E-state index in [-0.39, 0.29) is 12.0 Å². The summed E-state index contributed by atoms with van der Waals surface area (Å²) >= 11 is 0. The van der Waals surface area contributed by atoms with Gasteiger partial charge in [0.1, 0.15) is 12.4 Å². The average Bonchev–Trinajstić information content (AvgIpc) is 2.46. The molecule has 2 rings (SSSR count). The topological polar surface area (TPSA) is 55.3 Å². The largest absolute Gasteiger partial charge is 0.474 e. The first-order valence-corrected chi connectivity index (χ1v) is 6.61. The van der Waals surface area contributed by atoms with E-state index in [0.29, 0.717) is 12.3 Å². The van der Waals surface area contributed by atoms with Crippen molar-refractivity contribution in [3.63, 3.8) is 0 Å². The zero-order chi connectivity index (χ0) is 13.5. The summed E-state index contributed by atoms with van der Waals surface area (Å²) in [4.78, 5) is 21.6. The van der Waals surface area contributed by atoms with Crippen molar-refractivity contribution in [3.8, 4) is 5.88 Å². The molecule has 5 heteroatoms. The van der Waals surface area contributed by atoms with Crippen LogP contribution in [0.3, 0.4) is 0 Å². The van der Waals surface area contributed by atoms with Gasteiger partial charge >= 0.3 is 0 Å². The first kappa shape index (κ1) is 13.5. The first-order chi connectivity index (χ1) is 9.29. The van der Waals surface area contributed by atoms with Crippen LogP contribution >= 0.6 is 0 Å². The van der Waals surface area contributed by atoms with E-state index in [1.54, 1.807) is 18.3 Å². The van der Waals surface area contributed by atoms with Crippen molar-refractivity contribution in [1.82, 2.24) is 14.9 Å². The molecule has 102 valence electrons. The normalized spacial score (nSPS) is 16.1. The Morgan fingerprint density at radius 3 is 2.95 bits per heavy atom. The van der Waals surface area contributed by atoms with E-state index in [9.17, 15) is 4.79 Å². The number of ether oxygens (including phenoxy) is 1. The number of carbonyl (C=O) groups is 1. The molecule has 0 atom stereocenters. The van der Waals surface area contributed by atoms with Crippen LogP contribution in [0.4, 0.5) is 0 Å². The predicted octanol–water partition coefficient (Wildman–Crippen LogP) is 1.81. The van der Waals surface area contributed by atoms with Gasteiger partial charge in [0.25, 0.3) is 0 Å². The Bertz CT molecular complexity index is 414. The SMILES string of the molecule is C=CCCC(=O)N1CCC(Oc2ccncn2)CC1. The third-order valence-electron chi connectivity index (χ3n) is 3.20. The van der Waals surface area contributed by atoms with Crippen molar-refractivity contribution < 1.29 is 9.53 Å². The number of allylic oxidation sites excluding steroid dienone is 1. The van der Waals surface area contributed by atoms with Crippen LogP contribution in [-0.4, -0.2) is 40.0 Å². The standard InChI is InChI=1S/C14H19N3O2/c1-2-3-4-14(18)17-9-6-12(7-10-17)19-13-5-8-15-11-16-13/h2,5,8,11-12H,1,3-4,6-7,9-10H2. The number of nitrogens with zero attached hydrogens (tertiary/aromatic N) is 3. The number of hydrogen-bond acceptors (Lipinski definition) is 4. The summed E-state index contributed by atoms with van der Waals surface area (Å²) in [6, 6.07) is 1.75. The van der Waals surface area contributed by atoms with Crippen molar-refractivity contribution in [1.29, 1.82) is 0 Å². The molecule has 1 saturated heterocycles. The molecule has 1 fully saturated rings. The van der Waals surface area contributed by atoms with Crippen LogP contribution < -0.4 is 4.74 Å². The lowest BCUT2D eigenvalue weighted by molar-refractivity contribution is -0.132. The van der Waals surface area contributed by atoms with E-state index >= 15 is 0 Å². The van der Waals surface area contributed by atoms with Gasteiger partial charge in [0.2, 0.25) is 11.8 Å². The minimum atomic E-state index is 0.137. The molecule has 0 spiro atoms. The van der Waals surface area contributed by atoms with Crippen LogP contribution in [0.25, 0.3) is 0 Å². The van der Waals surface area contributed by atoms with E-state index in [1.807, 2.05) is 4.90 Å². The van der Waals surface area contributed by atoms with E-state index in [0.717, 1.165) is 32.4 Å². The molecule has 5 nitrogen and oxygen atoms in total. The van der Waals surface area contributed by atoms with E-state index in [4.69, 9.17) is 4.74 Å². The molecular weight excluding hydrogens is 242 g/mol. The molecule has 1 aromatic heterocycles. The number of carbonyl (C=O) groups excluding carboxylic acids is 1. The van der Waals surface area contributed by atoms with Gasteiger partial charge < -0.3 is 9.64 Å². The molecule has 1 amide bonds. The van der Waals surface area contributed by atoms with Crippen LogP contribution in [-0.2, 0) is 4.79 Å². The molecule has 1 aromatic rings. The average molecular weight is 261 g/mol. The molecule has 2 heterocycles. The molecule has 0 N–H and O–H groups in total. The minimum absolute atomic E-state index is 0.137. The minimum Gasteiger partial charge on any atom is -0.474 e. The summed E-state index contributed by atoms with van der Waals surface area (Å²) < 4.78 is 5.76. The Labute approximate surface area is 113 Å². The van der Waals surface area contributed by atoms with Crippen LogP contribution in [0.2, 0.25) is 0 Å². The highest BCUT2D eigenvalue weighted by Gasteiger charge is 2.23. The van der Waals surface area contributed by atoms with Crippen molar-refractivity contribution >= 4 is 5.91 Å². The summed E-state index contributed by atoms with van der Waals surface area (Å²) in [5, 5.41) is 0. The molecule has 1 aliphatic rings. The van der Waals surface area contributed by atoms with Crippen LogP contribution in [0.1, 0.15) is 25.7 Å². The van der Waals surface area contributed by atoms with Gasteiger partial charge in [-0.15, -0.1) is 6.58 Å². The molecule has 0 aromatic carbocycles. The maximum absolute atomic E-state index is 11.8. The summed E-state index contributed by atoms with van der Waals surface area (Å²) in [6.07, 6.45) is 8.06. The fraction of sp³-hybridized carbons (Fsp3) is 0.500. The van der Waals surface area contributed by atoms with Gasteiger partial charge in [-0.3, -0.25) is 4.79 Å². The zero-order valence-corrected chi connectivity index (χ0v) is 11.0. The fourth-order valence-corrected chi connectivity index (χ4v) is 2.13. The van der Waals surface area contributed by atoms with Gasteiger partial charge in [0, 0.05) is 44.6 Å². The number of amides is 1. The van der Waals surface area contributed by atoms with Crippen LogP contribution in [0.5, 0.6) is 5.88 Å². The Balaban J connectivity index is 1.76. The highest BCUT2D eigenvalue weighted by molar-refractivity contribution is 5.76. The predicted molar refractivity (Wildman–Crippen MR) is 71.7 cm³/mol. The van der Waals surface area contributed by atoms with Crippen LogP contribution in [0, 0.1) is 0 Å². The molecule has 1 aliphatic heterocycles. The second kappa shape index (κ2) is 6.87. The van der Waals surface area contributed by atoms with E-state index in [1.165, 1.54) is 6.33 Å². The van der Waals surface area contributed by atoms with Gasteiger partial charge in [-0.25, -0.2) is 9.97 Å². The molecule has 0 unspecified atom stereocenters. The smallest absolute Gasteiger partial charge is 0.222 e.